The number of aryl methyl sites for hydroxylation is 1. The Hall–Kier alpha value is -2.82. The Bertz CT molecular complexity index is 826. The van der Waals surface area contributed by atoms with Crippen molar-refractivity contribution >= 4 is 16.9 Å². The zero-order chi connectivity index (χ0) is 16.8. The van der Waals surface area contributed by atoms with Crippen molar-refractivity contribution in [3.8, 4) is 5.75 Å². The summed E-state index contributed by atoms with van der Waals surface area (Å²) in [5, 5.41) is 2.97. The zero-order valence-electron chi connectivity index (χ0n) is 13.7. The number of amides is 1. The number of carbonyl (C=O) groups excluding carboxylic acids is 1. The number of methoxy groups -OCH3 is 1. The Kier molecular flexibility index (Phi) is 5.11. The summed E-state index contributed by atoms with van der Waals surface area (Å²) in [5.74, 6) is 0.797. The van der Waals surface area contributed by atoms with Gasteiger partial charge in [-0.15, -0.1) is 0 Å². The first-order valence-corrected chi connectivity index (χ1v) is 8.06. The molecule has 5 heteroatoms. The van der Waals surface area contributed by atoms with Gasteiger partial charge in [0.05, 0.1) is 30.9 Å². The van der Waals surface area contributed by atoms with Crippen LogP contribution in [-0.2, 0) is 17.8 Å². The molecule has 5 nitrogen and oxygen atoms in total. The Morgan fingerprint density at radius 2 is 2.08 bits per heavy atom. The molecule has 2 aromatic carbocycles. The first-order valence-electron chi connectivity index (χ1n) is 8.06. The summed E-state index contributed by atoms with van der Waals surface area (Å²) in [5.41, 5.74) is 3.08. The number of imidazole rings is 1. The van der Waals surface area contributed by atoms with E-state index in [0.717, 1.165) is 35.3 Å². The lowest BCUT2D eigenvalue weighted by molar-refractivity contribution is -0.120. The van der Waals surface area contributed by atoms with Crippen molar-refractivity contribution in [1.82, 2.24) is 14.9 Å². The first-order chi connectivity index (χ1) is 11.8. The van der Waals surface area contributed by atoms with Crippen molar-refractivity contribution in [1.29, 1.82) is 0 Å². The summed E-state index contributed by atoms with van der Waals surface area (Å²) in [4.78, 5) is 16.4. The molecule has 0 aliphatic heterocycles. The number of nitrogens with one attached hydrogen (secondary N) is 1. The number of fused-ring (bicyclic) bond motifs is 1. The van der Waals surface area contributed by atoms with Crippen molar-refractivity contribution in [3.63, 3.8) is 0 Å². The molecule has 3 aromatic rings. The predicted molar refractivity (Wildman–Crippen MR) is 94.1 cm³/mol. The van der Waals surface area contributed by atoms with E-state index >= 15 is 0 Å². The molecule has 0 aliphatic rings. The second-order valence-electron chi connectivity index (χ2n) is 5.66. The molecule has 3 rings (SSSR count). The highest BCUT2D eigenvalue weighted by Crippen LogP contribution is 2.13. The summed E-state index contributed by atoms with van der Waals surface area (Å²) in [6, 6.07) is 15.6. The van der Waals surface area contributed by atoms with E-state index < -0.39 is 0 Å². The number of ether oxygens (including phenoxy) is 1. The lowest BCUT2D eigenvalue weighted by atomic mass is 10.1. The molecule has 0 saturated heterocycles. The van der Waals surface area contributed by atoms with Gasteiger partial charge in [-0.1, -0.05) is 24.3 Å². The lowest BCUT2D eigenvalue weighted by Crippen LogP contribution is -2.26. The monoisotopic (exact) mass is 323 g/mol. The van der Waals surface area contributed by atoms with Crippen molar-refractivity contribution < 1.29 is 9.53 Å². The molecule has 0 saturated carbocycles. The molecule has 24 heavy (non-hydrogen) atoms. The van der Waals surface area contributed by atoms with E-state index in [9.17, 15) is 4.79 Å². The maximum absolute atomic E-state index is 12.0. The number of para-hydroxylation sites is 2. The van der Waals surface area contributed by atoms with Crippen molar-refractivity contribution in [3.05, 3.63) is 60.4 Å². The summed E-state index contributed by atoms with van der Waals surface area (Å²) in [6.07, 6.45) is 3.08. The molecule has 0 aliphatic carbocycles. The van der Waals surface area contributed by atoms with Gasteiger partial charge in [0.2, 0.25) is 5.91 Å². The third kappa shape index (κ3) is 3.93. The van der Waals surface area contributed by atoms with Crippen LogP contribution in [0.2, 0.25) is 0 Å². The van der Waals surface area contributed by atoms with Gasteiger partial charge < -0.3 is 14.6 Å². The minimum Gasteiger partial charge on any atom is -0.497 e. The number of hydrogen-bond donors (Lipinski definition) is 1. The molecule has 1 amide bonds. The second kappa shape index (κ2) is 7.64. The van der Waals surface area contributed by atoms with E-state index in [1.165, 1.54) is 0 Å². The Morgan fingerprint density at radius 3 is 2.96 bits per heavy atom. The SMILES string of the molecule is COc1cccc(CC(=O)NCCCn2cnc3ccccc32)c1. The van der Waals surface area contributed by atoms with Crippen LogP contribution < -0.4 is 10.1 Å². The number of hydrogen-bond acceptors (Lipinski definition) is 3. The van der Waals surface area contributed by atoms with Crippen molar-refractivity contribution in [2.75, 3.05) is 13.7 Å². The highest BCUT2D eigenvalue weighted by Gasteiger charge is 2.05. The fraction of sp³-hybridized carbons (Fsp3) is 0.263. The normalized spacial score (nSPS) is 10.7. The van der Waals surface area contributed by atoms with Crippen molar-refractivity contribution in [2.24, 2.45) is 0 Å². The Morgan fingerprint density at radius 1 is 1.21 bits per heavy atom. The van der Waals surface area contributed by atoms with Crippen LogP contribution in [0.15, 0.2) is 54.9 Å². The summed E-state index contributed by atoms with van der Waals surface area (Å²) >= 11 is 0. The molecule has 0 spiro atoms. The van der Waals surface area contributed by atoms with Gasteiger partial charge in [-0.2, -0.15) is 0 Å². The molecule has 124 valence electrons. The predicted octanol–water partition coefficient (Wildman–Crippen LogP) is 2.79. The van der Waals surface area contributed by atoms with Crippen LogP contribution in [0, 0.1) is 0 Å². The van der Waals surface area contributed by atoms with Crippen LogP contribution >= 0.6 is 0 Å². The molecule has 0 unspecified atom stereocenters. The van der Waals surface area contributed by atoms with Gasteiger partial charge >= 0.3 is 0 Å². The van der Waals surface area contributed by atoms with Crippen LogP contribution in [-0.4, -0.2) is 29.1 Å². The van der Waals surface area contributed by atoms with E-state index in [1.807, 2.05) is 48.8 Å². The maximum atomic E-state index is 12.0. The minimum absolute atomic E-state index is 0.0266. The van der Waals surface area contributed by atoms with Crippen molar-refractivity contribution in [2.45, 2.75) is 19.4 Å². The standard InChI is InChI=1S/C19H21N3O2/c1-24-16-7-4-6-15(12-16)13-19(23)20-10-5-11-22-14-21-17-8-2-3-9-18(17)22/h2-4,6-9,12,14H,5,10-11,13H2,1H3,(H,20,23). The van der Waals surface area contributed by atoms with Crippen LogP contribution in [0.25, 0.3) is 11.0 Å². The van der Waals surface area contributed by atoms with Crippen LogP contribution in [0.3, 0.4) is 0 Å². The van der Waals surface area contributed by atoms with Gasteiger partial charge in [-0.25, -0.2) is 4.98 Å². The molecule has 1 aromatic heterocycles. The minimum atomic E-state index is 0.0266. The zero-order valence-corrected chi connectivity index (χ0v) is 13.7. The van der Waals surface area contributed by atoms with Gasteiger partial charge in [0.15, 0.2) is 0 Å². The van der Waals surface area contributed by atoms with E-state index in [4.69, 9.17) is 4.74 Å². The van der Waals surface area contributed by atoms with Gasteiger partial charge in [0.25, 0.3) is 0 Å². The molecule has 0 radical (unpaired) electrons. The molecule has 1 N–H and O–H groups in total. The number of aromatic nitrogens is 2. The topological polar surface area (TPSA) is 56.1 Å². The highest BCUT2D eigenvalue weighted by molar-refractivity contribution is 5.78. The Labute approximate surface area is 141 Å². The molecular formula is C19H21N3O2. The first kappa shape index (κ1) is 16.1. The van der Waals surface area contributed by atoms with Crippen LogP contribution in [0.1, 0.15) is 12.0 Å². The third-order valence-electron chi connectivity index (χ3n) is 3.92. The molecule has 1 heterocycles. The number of rotatable bonds is 7. The van der Waals surface area contributed by atoms with Gasteiger partial charge in [-0.05, 0) is 36.2 Å². The smallest absolute Gasteiger partial charge is 0.224 e. The summed E-state index contributed by atoms with van der Waals surface area (Å²) < 4.78 is 7.29. The van der Waals surface area contributed by atoms with E-state index in [-0.39, 0.29) is 5.91 Å². The van der Waals surface area contributed by atoms with E-state index in [0.29, 0.717) is 13.0 Å². The largest absolute Gasteiger partial charge is 0.497 e. The number of nitrogens with zero attached hydrogens (tertiary/aromatic N) is 2. The summed E-state index contributed by atoms with van der Waals surface area (Å²) in [6.45, 7) is 1.48. The molecular weight excluding hydrogens is 302 g/mol. The van der Waals surface area contributed by atoms with Gasteiger partial charge in [-0.3, -0.25) is 4.79 Å². The number of carbonyl (C=O) groups is 1. The second-order valence-corrected chi connectivity index (χ2v) is 5.66. The number of benzene rings is 2. The Balaban J connectivity index is 1.45. The lowest BCUT2D eigenvalue weighted by Gasteiger charge is -2.07. The van der Waals surface area contributed by atoms with Crippen LogP contribution in [0.4, 0.5) is 0 Å². The fourth-order valence-electron chi connectivity index (χ4n) is 2.70. The average Bonchev–Trinajstić information content (AvgIpc) is 3.02. The van der Waals surface area contributed by atoms with Gasteiger partial charge in [0.1, 0.15) is 5.75 Å². The quantitative estimate of drug-likeness (QED) is 0.680. The molecule has 0 bridgehead atoms. The maximum Gasteiger partial charge on any atom is 0.224 e. The fourth-order valence-corrected chi connectivity index (χ4v) is 2.70. The third-order valence-corrected chi connectivity index (χ3v) is 3.92. The van der Waals surface area contributed by atoms with E-state index in [1.54, 1.807) is 7.11 Å². The van der Waals surface area contributed by atoms with E-state index in [2.05, 4.69) is 20.9 Å². The summed E-state index contributed by atoms with van der Waals surface area (Å²) in [7, 11) is 1.62. The molecule has 0 fully saturated rings. The molecule has 0 atom stereocenters. The highest BCUT2D eigenvalue weighted by atomic mass is 16.5. The van der Waals surface area contributed by atoms with Crippen LogP contribution in [0.5, 0.6) is 5.75 Å². The average molecular weight is 323 g/mol. The van der Waals surface area contributed by atoms with Gasteiger partial charge in [0, 0.05) is 13.1 Å².